The highest BCUT2D eigenvalue weighted by molar-refractivity contribution is 5.45. The lowest BCUT2D eigenvalue weighted by molar-refractivity contribution is 0.299. The van der Waals surface area contributed by atoms with Crippen molar-refractivity contribution in [2.75, 3.05) is 13.7 Å². The van der Waals surface area contributed by atoms with E-state index in [1.807, 2.05) is 26.0 Å². The molecule has 0 aromatic heterocycles. The third-order valence-electron chi connectivity index (χ3n) is 2.30. The molecule has 0 heterocycles. The molecule has 1 aromatic carbocycles. The average molecular weight is 180 g/mol. The van der Waals surface area contributed by atoms with Gasteiger partial charge in [0.25, 0.3) is 0 Å². The van der Waals surface area contributed by atoms with Crippen LogP contribution >= 0.6 is 0 Å². The predicted octanol–water partition coefficient (Wildman–Crippen LogP) is 1.85. The van der Waals surface area contributed by atoms with E-state index >= 15 is 0 Å². The Bertz CT molecular complexity index is 292. The Morgan fingerprint density at radius 2 is 2.00 bits per heavy atom. The van der Waals surface area contributed by atoms with Gasteiger partial charge in [-0.3, -0.25) is 0 Å². The van der Waals surface area contributed by atoms with Gasteiger partial charge in [-0.2, -0.15) is 0 Å². The van der Waals surface area contributed by atoms with Gasteiger partial charge in [-0.05, 0) is 37.0 Å². The van der Waals surface area contributed by atoms with E-state index in [1.165, 1.54) is 0 Å². The maximum atomic E-state index is 8.84. The zero-order valence-corrected chi connectivity index (χ0v) is 8.42. The van der Waals surface area contributed by atoms with Crippen LogP contribution in [0.1, 0.15) is 16.7 Å². The van der Waals surface area contributed by atoms with Gasteiger partial charge in [0.05, 0.1) is 7.11 Å². The Morgan fingerprint density at radius 1 is 1.31 bits per heavy atom. The summed E-state index contributed by atoms with van der Waals surface area (Å²) in [7, 11) is 1.68. The van der Waals surface area contributed by atoms with E-state index < -0.39 is 0 Å². The summed E-state index contributed by atoms with van der Waals surface area (Å²) in [6.07, 6.45) is 0.697. The van der Waals surface area contributed by atoms with Crippen LogP contribution in [0.2, 0.25) is 0 Å². The highest BCUT2D eigenvalue weighted by Gasteiger charge is 2.06. The second-order valence-electron chi connectivity index (χ2n) is 3.17. The van der Waals surface area contributed by atoms with Crippen LogP contribution in [-0.2, 0) is 6.42 Å². The van der Waals surface area contributed by atoms with Gasteiger partial charge in [0, 0.05) is 6.61 Å². The molecule has 0 bridgehead atoms. The molecule has 0 saturated heterocycles. The van der Waals surface area contributed by atoms with Crippen molar-refractivity contribution in [2.45, 2.75) is 20.3 Å². The van der Waals surface area contributed by atoms with Crippen LogP contribution < -0.4 is 4.74 Å². The minimum atomic E-state index is 0.188. The zero-order valence-electron chi connectivity index (χ0n) is 8.42. The second-order valence-corrected chi connectivity index (χ2v) is 3.17. The predicted molar refractivity (Wildman–Crippen MR) is 53.3 cm³/mol. The molecule has 0 aliphatic carbocycles. The van der Waals surface area contributed by atoms with Crippen molar-refractivity contribution >= 4 is 0 Å². The molecular formula is C11H16O2. The smallest absolute Gasteiger partial charge is 0.124 e. The Hall–Kier alpha value is -1.02. The summed E-state index contributed by atoms with van der Waals surface area (Å²) < 4.78 is 5.28. The van der Waals surface area contributed by atoms with E-state index in [4.69, 9.17) is 9.84 Å². The van der Waals surface area contributed by atoms with Crippen molar-refractivity contribution in [1.29, 1.82) is 0 Å². The van der Waals surface area contributed by atoms with Gasteiger partial charge in [-0.15, -0.1) is 0 Å². The molecule has 2 heteroatoms. The first-order chi connectivity index (χ1) is 6.20. The quantitative estimate of drug-likeness (QED) is 0.769. The van der Waals surface area contributed by atoms with Crippen molar-refractivity contribution in [3.63, 3.8) is 0 Å². The van der Waals surface area contributed by atoms with Gasteiger partial charge in [-0.25, -0.2) is 0 Å². The number of aliphatic hydroxyl groups excluding tert-OH is 1. The van der Waals surface area contributed by atoms with Gasteiger partial charge >= 0.3 is 0 Å². The van der Waals surface area contributed by atoms with Crippen LogP contribution in [-0.4, -0.2) is 18.8 Å². The lowest BCUT2D eigenvalue weighted by Crippen LogP contribution is -1.98. The molecule has 2 nitrogen and oxygen atoms in total. The fourth-order valence-corrected chi connectivity index (χ4v) is 1.57. The lowest BCUT2D eigenvalue weighted by Gasteiger charge is -2.12. The summed E-state index contributed by atoms with van der Waals surface area (Å²) >= 11 is 0. The number of ether oxygens (including phenoxy) is 1. The number of rotatable bonds is 3. The summed E-state index contributed by atoms with van der Waals surface area (Å²) in [6.45, 7) is 4.23. The Labute approximate surface area is 79.2 Å². The minimum absolute atomic E-state index is 0.188. The van der Waals surface area contributed by atoms with Gasteiger partial charge in [0.1, 0.15) is 5.75 Å². The van der Waals surface area contributed by atoms with Crippen molar-refractivity contribution < 1.29 is 9.84 Å². The molecule has 72 valence electrons. The van der Waals surface area contributed by atoms with Crippen LogP contribution in [0.25, 0.3) is 0 Å². The Balaban J connectivity index is 3.11. The first kappa shape index (κ1) is 10.1. The van der Waals surface area contributed by atoms with Gasteiger partial charge in [-0.1, -0.05) is 12.1 Å². The number of hydrogen-bond donors (Lipinski definition) is 1. The number of benzene rings is 1. The molecule has 0 amide bonds. The topological polar surface area (TPSA) is 29.5 Å². The Kier molecular flexibility index (Phi) is 3.32. The molecule has 0 spiro atoms. The molecular weight excluding hydrogens is 164 g/mol. The Morgan fingerprint density at radius 3 is 2.54 bits per heavy atom. The summed E-state index contributed by atoms with van der Waals surface area (Å²) in [5.41, 5.74) is 3.43. The molecule has 0 aliphatic heterocycles. The number of hydrogen-bond acceptors (Lipinski definition) is 2. The van der Waals surface area contributed by atoms with Gasteiger partial charge in [0.2, 0.25) is 0 Å². The molecule has 1 rings (SSSR count). The summed E-state index contributed by atoms with van der Waals surface area (Å²) in [5.74, 6) is 0.936. The second kappa shape index (κ2) is 4.28. The van der Waals surface area contributed by atoms with Crippen molar-refractivity contribution in [1.82, 2.24) is 0 Å². The highest BCUT2D eigenvalue weighted by Crippen LogP contribution is 2.25. The highest BCUT2D eigenvalue weighted by atomic mass is 16.5. The van der Waals surface area contributed by atoms with E-state index in [1.54, 1.807) is 7.11 Å². The van der Waals surface area contributed by atoms with Crippen LogP contribution in [0.5, 0.6) is 5.75 Å². The first-order valence-corrected chi connectivity index (χ1v) is 4.44. The molecule has 1 aromatic rings. The van der Waals surface area contributed by atoms with Gasteiger partial charge in [0.15, 0.2) is 0 Å². The molecule has 0 unspecified atom stereocenters. The number of aryl methyl sites for hydroxylation is 1. The fourth-order valence-electron chi connectivity index (χ4n) is 1.57. The van der Waals surface area contributed by atoms with Crippen LogP contribution in [0.15, 0.2) is 12.1 Å². The summed E-state index contributed by atoms with van der Waals surface area (Å²) in [4.78, 5) is 0. The third kappa shape index (κ3) is 2.01. The number of methoxy groups -OCH3 is 1. The standard InChI is InChI=1S/C11H16O2/c1-8-4-5-10(6-7-12)9(2)11(8)13-3/h4-5,12H,6-7H2,1-3H3. The normalized spacial score (nSPS) is 10.2. The van der Waals surface area contributed by atoms with Gasteiger partial charge < -0.3 is 9.84 Å². The van der Waals surface area contributed by atoms with Crippen LogP contribution in [0, 0.1) is 13.8 Å². The van der Waals surface area contributed by atoms with E-state index in [9.17, 15) is 0 Å². The summed E-state index contributed by atoms with van der Waals surface area (Å²) in [5, 5.41) is 8.84. The fraction of sp³-hybridized carbons (Fsp3) is 0.455. The molecule has 0 aliphatic rings. The molecule has 0 saturated carbocycles. The van der Waals surface area contributed by atoms with E-state index in [-0.39, 0.29) is 6.61 Å². The average Bonchev–Trinajstić information content (AvgIpc) is 2.11. The monoisotopic (exact) mass is 180 g/mol. The van der Waals surface area contributed by atoms with Crippen LogP contribution in [0.4, 0.5) is 0 Å². The molecule has 0 radical (unpaired) electrons. The summed E-state index contributed by atoms with van der Waals surface area (Å²) in [6, 6.07) is 4.07. The molecule has 0 fully saturated rings. The maximum Gasteiger partial charge on any atom is 0.124 e. The van der Waals surface area contributed by atoms with Crippen LogP contribution in [0.3, 0.4) is 0 Å². The van der Waals surface area contributed by atoms with Crippen molar-refractivity contribution in [2.24, 2.45) is 0 Å². The van der Waals surface area contributed by atoms with E-state index in [0.29, 0.717) is 6.42 Å². The van der Waals surface area contributed by atoms with Crippen molar-refractivity contribution in [3.8, 4) is 5.75 Å². The SMILES string of the molecule is COc1c(C)ccc(CCO)c1C. The minimum Gasteiger partial charge on any atom is -0.496 e. The maximum absolute atomic E-state index is 8.84. The zero-order chi connectivity index (χ0) is 9.84. The lowest BCUT2D eigenvalue weighted by atomic mass is 10.0. The number of aliphatic hydroxyl groups is 1. The third-order valence-corrected chi connectivity index (χ3v) is 2.30. The largest absolute Gasteiger partial charge is 0.496 e. The molecule has 1 N–H and O–H groups in total. The first-order valence-electron chi connectivity index (χ1n) is 4.44. The van der Waals surface area contributed by atoms with E-state index in [0.717, 1.165) is 22.4 Å². The van der Waals surface area contributed by atoms with Crippen molar-refractivity contribution in [3.05, 3.63) is 28.8 Å². The molecule has 0 atom stereocenters. The van der Waals surface area contributed by atoms with E-state index in [2.05, 4.69) is 0 Å². The molecule has 13 heavy (non-hydrogen) atoms.